The maximum atomic E-state index is 12.3. The molecule has 1 saturated heterocycles. The van der Waals surface area contributed by atoms with E-state index in [4.69, 9.17) is 5.11 Å². The Morgan fingerprint density at radius 1 is 1.59 bits per heavy atom. The third-order valence-corrected chi connectivity index (χ3v) is 3.18. The molecule has 0 aromatic carbocycles. The summed E-state index contributed by atoms with van der Waals surface area (Å²) in [5, 5.41) is 11.8. The van der Waals surface area contributed by atoms with Crippen molar-refractivity contribution < 1.29 is 14.7 Å². The van der Waals surface area contributed by atoms with Crippen LogP contribution in [0.15, 0.2) is 0 Å². The largest absolute Gasteiger partial charge is 0.481 e. The van der Waals surface area contributed by atoms with Crippen molar-refractivity contribution in [3.8, 4) is 0 Å². The van der Waals surface area contributed by atoms with E-state index in [1.807, 2.05) is 25.7 Å². The van der Waals surface area contributed by atoms with Gasteiger partial charge in [-0.2, -0.15) is 0 Å². The smallest absolute Gasteiger partial charge is 0.303 e. The Labute approximate surface area is 102 Å². The van der Waals surface area contributed by atoms with Crippen molar-refractivity contribution in [1.29, 1.82) is 0 Å². The van der Waals surface area contributed by atoms with E-state index in [0.29, 0.717) is 6.42 Å². The Bertz CT molecular complexity index is 291. The zero-order chi connectivity index (χ0) is 13.0. The van der Waals surface area contributed by atoms with Gasteiger partial charge in [-0.25, -0.2) is 0 Å². The number of rotatable bonds is 4. The molecule has 2 N–H and O–H groups in total. The predicted molar refractivity (Wildman–Crippen MR) is 64.7 cm³/mol. The summed E-state index contributed by atoms with van der Waals surface area (Å²) in [7, 11) is 0. The molecule has 1 aliphatic rings. The molecule has 2 unspecified atom stereocenters. The van der Waals surface area contributed by atoms with Crippen LogP contribution in [0.25, 0.3) is 0 Å². The first kappa shape index (κ1) is 14.0. The van der Waals surface area contributed by atoms with Crippen LogP contribution in [0.3, 0.4) is 0 Å². The topological polar surface area (TPSA) is 69.6 Å². The van der Waals surface area contributed by atoms with Crippen LogP contribution in [0.2, 0.25) is 0 Å². The van der Waals surface area contributed by atoms with Crippen LogP contribution >= 0.6 is 0 Å². The Morgan fingerprint density at radius 3 is 2.76 bits per heavy atom. The normalized spacial score (nSPS) is 26.1. The summed E-state index contributed by atoms with van der Waals surface area (Å²) in [4.78, 5) is 24.7. The van der Waals surface area contributed by atoms with Crippen molar-refractivity contribution in [3.05, 3.63) is 0 Å². The molecule has 1 heterocycles. The van der Waals surface area contributed by atoms with Crippen LogP contribution < -0.4 is 5.32 Å². The van der Waals surface area contributed by atoms with Crippen LogP contribution in [-0.4, -0.2) is 46.6 Å². The second-order valence-corrected chi connectivity index (χ2v) is 4.92. The van der Waals surface area contributed by atoms with E-state index in [9.17, 15) is 9.59 Å². The van der Waals surface area contributed by atoms with E-state index in [0.717, 1.165) is 13.0 Å². The summed E-state index contributed by atoms with van der Waals surface area (Å²) in [6.07, 6.45) is 1.31. The molecule has 1 fully saturated rings. The molecule has 0 bridgehead atoms. The number of hydrogen-bond acceptors (Lipinski definition) is 3. The number of carboxylic acids is 1. The monoisotopic (exact) mass is 242 g/mol. The molecular formula is C12H22N2O3. The fourth-order valence-electron chi connectivity index (χ4n) is 2.35. The summed E-state index contributed by atoms with van der Waals surface area (Å²) in [5.41, 5.74) is 0. The molecule has 0 aromatic rings. The number of nitrogens with zero attached hydrogens (tertiary/aromatic N) is 1. The maximum absolute atomic E-state index is 12.3. The van der Waals surface area contributed by atoms with Gasteiger partial charge in [-0.05, 0) is 40.2 Å². The van der Waals surface area contributed by atoms with E-state index >= 15 is 0 Å². The Hall–Kier alpha value is -1.10. The molecule has 0 aliphatic carbocycles. The fourth-order valence-corrected chi connectivity index (χ4v) is 2.35. The lowest BCUT2D eigenvalue weighted by atomic mass is 10.1. The minimum absolute atomic E-state index is 0.0315. The quantitative estimate of drug-likeness (QED) is 0.766. The highest BCUT2D eigenvalue weighted by atomic mass is 16.4. The van der Waals surface area contributed by atoms with Gasteiger partial charge in [-0.3, -0.25) is 9.59 Å². The molecule has 1 rings (SSSR count). The number of aliphatic carboxylic acids is 1. The van der Waals surface area contributed by atoms with E-state index < -0.39 is 5.97 Å². The highest BCUT2D eigenvalue weighted by Crippen LogP contribution is 2.16. The van der Waals surface area contributed by atoms with E-state index in [1.54, 1.807) is 0 Å². The van der Waals surface area contributed by atoms with Crippen LogP contribution in [0.5, 0.6) is 0 Å². The van der Waals surface area contributed by atoms with Gasteiger partial charge >= 0.3 is 5.97 Å². The van der Waals surface area contributed by atoms with Gasteiger partial charge in [-0.1, -0.05) is 0 Å². The lowest BCUT2D eigenvalue weighted by Gasteiger charge is -2.32. The summed E-state index contributed by atoms with van der Waals surface area (Å²) in [6.45, 7) is 6.79. The molecule has 0 spiro atoms. The van der Waals surface area contributed by atoms with Crippen molar-refractivity contribution in [3.63, 3.8) is 0 Å². The molecule has 0 aromatic heterocycles. The average Bonchev–Trinajstić information content (AvgIpc) is 2.34. The number of nitrogens with one attached hydrogen (secondary N) is 1. The van der Waals surface area contributed by atoms with Crippen LogP contribution in [0.4, 0.5) is 0 Å². The van der Waals surface area contributed by atoms with Crippen molar-refractivity contribution in [2.75, 3.05) is 6.54 Å². The lowest BCUT2D eigenvalue weighted by molar-refractivity contribution is -0.138. The summed E-state index contributed by atoms with van der Waals surface area (Å²) in [6, 6.07) is 0.0213. The molecule has 0 radical (unpaired) electrons. The standard InChI is InChI=1S/C12H22N2O3/c1-8(2)14-9(3)6-7-13-10(12(14)17)4-5-11(15)16/h8-10,13H,4-7H2,1-3H3,(H,15,16). The molecule has 1 amide bonds. The van der Waals surface area contributed by atoms with Gasteiger partial charge in [-0.15, -0.1) is 0 Å². The van der Waals surface area contributed by atoms with Crippen LogP contribution in [0, 0.1) is 0 Å². The van der Waals surface area contributed by atoms with E-state index in [1.165, 1.54) is 0 Å². The Balaban J connectivity index is 2.71. The molecular weight excluding hydrogens is 220 g/mol. The van der Waals surface area contributed by atoms with Gasteiger partial charge in [0.05, 0.1) is 6.04 Å². The predicted octanol–water partition coefficient (Wildman–Crippen LogP) is 0.839. The minimum atomic E-state index is -0.854. The number of carbonyl (C=O) groups excluding carboxylic acids is 1. The number of carbonyl (C=O) groups is 2. The summed E-state index contributed by atoms with van der Waals surface area (Å²) in [5.74, 6) is -0.820. The molecule has 17 heavy (non-hydrogen) atoms. The van der Waals surface area contributed by atoms with Gasteiger partial charge in [0.1, 0.15) is 0 Å². The molecule has 98 valence electrons. The number of hydrogen-bond donors (Lipinski definition) is 2. The van der Waals surface area contributed by atoms with Crippen molar-refractivity contribution in [2.24, 2.45) is 0 Å². The third-order valence-electron chi connectivity index (χ3n) is 3.18. The minimum Gasteiger partial charge on any atom is -0.481 e. The van der Waals surface area contributed by atoms with Crippen LogP contribution in [-0.2, 0) is 9.59 Å². The van der Waals surface area contributed by atoms with Crippen molar-refractivity contribution in [1.82, 2.24) is 10.2 Å². The van der Waals surface area contributed by atoms with Crippen molar-refractivity contribution in [2.45, 2.75) is 58.2 Å². The number of amides is 1. The SMILES string of the molecule is CC(C)N1C(=O)C(CCC(=O)O)NCCC1C. The zero-order valence-corrected chi connectivity index (χ0v) is 10.8. The highest BCUT2D eigenvalue weighted by Gasteiger charge is 2.32. The summed E-state index contributed by atoms with van der Waals surface area (Å²) < 4.78 is 0. The molecule has 2 atom stereocenters. The second kappa shape index (κ2) is 6.00. The second-order valence-electron chi connectivity index (χ2n) is 4.92. The first-order chi connectivity index (χ1) is 7.93. The Morgan fingerprint density at radius 2 is 2.24 bits per heavy atom. The first-order valence-corrected chi connectivity index (χ1v) is 6.20. The van der Waals surface area contributed by atoms with Gasteiger partial charge in [0, 0.05) is 18.5 Å². The number of carboxylic acid groups (broad SMARTS) is 1. The molecule has 1 aliphatic heterocycles. The summed E-state index contributed by atoms with van der Waals surface area (Å²) >= 11 is 0. The lowest BCUT2D eigenvalue weighted by Crippen LogP contribution is -2.49. The van der Waals surface area contributed by atoms with Crippen molar-refractivity contribution >= 4 is 11.9 Å². The molecule has 0 saturated carbocycles. The highest BCUT2D eigenvalue weighted by molar-refractivity contribution is 5.83. The average molecular weight is 242 g/mol. The fraction of sp³-hybridized carbons (Fsp3) is 0.833. The van der Waals surface area contributed by atoms with Gasteiger partial charge in [0.2, 0.25) is 5.91 Å². The Kier molecular flexibility index (Phi) is 4.93. The zero-order valence-electron chi connectivity index (χ0n) is 10.8. The van der Waals surface area contributed by atoms with Gasteiger partial charge < -0.3 is 15.3 Å². The third kappa shape index (κ3) is 3.70. The van der Waals surface area contributed by atoms with Gasteiger partial charge in [0.25, 0.3) is 0 Å². The van der Waals surface area contributed by atoms with E-state index in [2.05, 4.69) is 5.32 Å². The van der Waals surface area contributed by atoms with Crippen LogP contribution in [0.1, 0.15) is 40.0 Å². The van der Waals surface area contributed by atoms with E-state index in [-0.39, 0.29) is 30.5 Å². The maximum Gasteiger partial charge on any atom is 0.303 e. The molecule has 5 heteroatoms. The van der Waals surface area contributed by atoms with Gasteiger partial charge in [0.15, 0.2) is 0 Å². The molecule has 5 nitrogen and oxygen atoms in total. The first-order valence-electron chi connectivity index (χ1n) is 6.20.